The van der Waals surface area contributed by atoms with E-state index in [2.05, 4.69) is 25.9 Å². The lowest BCUT2D eigenvalue weighted by molar-refractivity contribution is -0.111. The van der Waals surface area contributed by atoms with Crippen LogP contribution in [0, 0.1) is 0 Å². The van der Waals surface area contributed by atoms with Gasteiger partial charge in [0, 0.05) is 12.6 Å². The van der Waals surface area contributed by atoms with Crippen LogP contribution in [0.25, 0.3) is 0 Å². The van der Waals surface area contributed by atoms with E-state index in [9.17, 15) is 13.2 Å². The van der Waals surface area contributed by atoms with Crippen LogP contribution in [0.5, 0.6) is 0 Å². The number of carbonyl (C=O) groups excluding carboxylic acids is 1. The van der Waals surface area contributed by atoms with Crippen LogP contribution >= 0.6 is 12.2 Å². The number of likely N-dealkylation sites (N-methyl/N-ethyl adjacent to an activating group) is 1. The third-order valence-corrected chi connectivity index (χ3v) is 5.93. The van der Waals surface area contributed by atoms with Gasteiger partial charge >= 0.3 is 0 Å². The lowest BCUT2D eigenvalue weighted by Gasteiger charge is -2.21. The van der Waals surface area contributed by atoms with Gasteiger partial charge in [-0.2, -0.15) is 5.10 Å². The maximum atomic E-state index is 12.9. The first kappa shape index (κ1) is 21.9. The van der Waals surface area contributed by atoms with Gasteiger partial charge in [0.15, 0.2) is 10.8 Å². The van der Waals surface area contributed by atoms with Crippen LogP contribution in [0.4, 0.5) is 11.4 Å². The number of nitrogens with zero attached hydrogens (tertiary/aromatic N) is 3. The van der Waals surface area contributed by atoms with Crippen molar-refractivity contribution in [2.24, 2.45) is 16.0 Å². The average Bonchev–Trinajstić information content (AvgIpc) is 2.88. The number of thiocarbonyl (C=S) groups is 1. The van der Waals surface area contributed by atoms with Crippen molar-refractivity contribution in [3.8, 4) is 0 Å². The predicted octanol–water partition coefficient (Wildman–Crippen LogP) is 2.06. The molecule has 0 saturated carbocycles. The van der Waals surface area contributed by atoms with Crippen molar-refractivity contribution in [2.75, 3.05) is 17.0 Å². The van der Waals surface area contributed by atoms with E-state index in [0.29, 0.717) is 11.3 Å². The molecule has 0 fully saturated rings. The molecule has 1 amide bonds. The fourth-order valence-corrected chi connectivity index (χ4v) is 4.01. The van der Waals surface area contributed by atoms with Gasteiger partial charge in [0.05, 0.1) is 11.4 Å². The van der Waals surface area contributed by atoms with Gasteiger partial charge in [-0.25, -0.2) is 18.6 Å². The highest BCUT2D eigenvalue weighted by Crippen LogP contribution is 2.34. The molecule has 0 unspecified atom stereocenters. The van der Waals surface area contributed by atoms with Gasteiger partial charge in [0.1, 0.15) is 4.90 Å². The summed E-state index contributed by atoms with van der Waals surface area (Å²) in [5.41, 5.74) is 8.20. The molecule has 158 valence electrons. The molecule has 0 saturated heterocycles. The highest BCUT2D eigenvalue weighted by molar-refractivity contribution is 7.89. The number of sulfonamides is 1. The van der Waals surface area contributed by atoms with E-state index in [1.54, 1.807) is 13.1 Å². The average molecular weight is 446 g/mol. The van der Waals surface area contributed by atoms with E-state index in [1.807, 2.05) is 18.2 Å². The number of hydrogen-bond acceptors (Lipinski definition) is 5. The Kier molecular flexibility index (Phi) is 5.44. The number of primary sulfonamides is 1. The van der Waals surface area contributed by atoms with Crippen molar-refractivity contribution in [3.05, 3.63) is 53.6 Å². The first-order valence-electron chi connectivity index (χ1n) is 9.05. The predicted molar refractivity (Wildman–Crippen MR) is 122 cm³/mol. The minimum Gasteiger partial charge on any atom is -0.374 e. The van der Waals surface area contributed by atoms with Gasteiger partial charge in [-0.1, -0.05) is 39.0 Å². The number of benzene rings is 2. The van der Waals surface area contributed by atoms with Crippen LogP contribution in [0.3, 0.4) is 0 Å². The van der Waals surface area contributed by atoms with Gasteiger partial charge in [-0.05, 0) is 47.5 Å². The number of carbonyl (C=O) groups is 1. The van der Waals surface area contributed by atoms with Crippen LogP contribution < -0.4 is 20.8 Å². The zero-order valence-corrected chi connectivity index (χ0v) is 18.7. The molecule has 10 heteroatoms. The van der Waals surface area contributed by atoms with Gasteiger partial charge < -0.3 is 10.6 Å². The maximum Gasteiger partial charge on any atom is 0.279 e. The Morgan fingerprint density at radius 2 is 1.80 bits per heavy atom. The largest absolute Gasteiger partial charge is 0.374 e. The quantitative estimate of drug-likeness (QED) is 0.551. The van der Waals surface area contributed by atoms with Gasteiger partial charge in [0.25, 0.3) is 5.91 Å². The number of hydrazone groups is 1. The topological polar surface area (TPSA) is 122 Å². The Morgan fingerprint density at radius 1 is 1.17 bits per heavy atom. The summed E-state index contributed by atoms with van der Waals surface area (Å²) in [6.07, 6.45) is 0. The molecule has 4 N–H and O–H groups in total. The molecule has 0 aromatic heterocycles. The molecule has 0 radical (unpaired) electrons. The number of rotatable bonds is 3. The second-order valence-electron chi connectivity index (χ2n) is 7.96. The maximum absolute atomic E-state index is 12.9. The molecule has 0 bridgehead atoms. The minimum atomic E-state index is -4.08. The van der Waals surface area contributed by atoms with Crippen LogP contribution in [-0.2, 0) is 20.2 Å². The summed E-state index contributed by atoms with van der Waals surface area (Å²) in [6.45, 7) is 6.20. The molecular formula is C20H23N5O3S2. The molecule has 1 aliphatic heterocycles. The summed E-state index contributed by atoms with van der Waals surface area (Å²) in [5.74, 6) is -0.356. The molecule has 0 atom stereocenters. The summed E-state index contributed by atoms with van der Waals surface area (Å²) < 4.78 is 24.1. The standard InChI is InChI=1S/C20H23N5O3S2/c1-20(2,3)12-9-10-14-13(11-12)17(18(26)24(14)4)23-25(19(21)29)15-7-5-6-8-16(15)30(22,27)28/h5-11H,1-4H3,(H2,21,29)(H2,22,27,28)/b23-17-. The molecule has 0 aliphatic carbocycles. The van der Waals surface area contributed by atoms with Crippen molar-refractivity contribution < 1.29 is 13.2 Å². The summed E-state index contributed by atoms with van der Waals surface area (Å²) >= 11 is 5.10. The van der Waals surface area contributed by atoms with E-state index in [-0.39, 0.29) is 32.7 Å². The van der Waals surface area contributed by atoms with Crippen molar-refractivity contribution in [1.82, 2.24) is 0 Å². The number of fused-ring (bicyclic) bond motifs is 1. The first-order chi connectivity index (χ1) is 13.8. The molecule has 1 heterocycles. The van der Waals surface area contributed by atoms with E-state index >= 15 is 0 Å². The van der Waals surface area contributed by atoms with Crippen molar-refractivity contribution >= 4 is 50.3 Å². The number of nitrogens with two attached hydrogens (primary N) is 2. The first-order valence-corrected chi connectivity index (χ1v) is 11.0. The number of hydrogen-bond donors (Lipinski definition) is 2. The lowest BCUT2D eigenvalue weighted by atomic mass is 9.85. The minimum absolute atomic E-state index is 0.0656. The molecule has 2 aromatic carbocycles. The Balaban J connectivity index is 2.23. The number of amides is 1. The van der Waals surface area contributed by atoms with Gasteiger partial charge in [-0.3, -0.25) is 4.79 Å². The normalized spacial score (nSPS) is 15.4. The molecule has 3 rings (SSSR count). The third kappa shape index (κ3) is 3.93. The zero-order chi connectivity index (χ0) is 22.4. The lowest BCUT2D eigenvalue weighted by Crippen LogP contribution is -2.35. The molecule has 8 nitrogen and oxygen atoms in total. The Hall–Kier alpha value is -2.82. The molecule has 2 aromatic rings. The SMILES string of the molecule is CN1C(=O)/C(=N\N(C(N)=S)c2ccccc2S(N)(=O)=O)c2cc(C(C)(C)C)ccc21. The number of anilines is 2. The highest BCUT2D eigenvalue weighted by atomic mass is 32.2. The van der Waals surface area contributed by atoms with E-state index in [0.717, 1.165) is 10.6 Å². The number of para-hydroxylation sites is 1. The fraction of sp³-hybridized carbons (Fsp3) is 0.250. The molecular weight excluding hydrogens is 422 g/mol. The zero-order valence-electron chi connectivity index (χ0n) is 17.1. The van der Waals surface area contributed by atoms with E-state index in [4.69, 9.17) is 23.1 Å². The smallest absolute Gasteiger partial charge is 0.279 e. The van der Waals surface area contributed by atoms with E-state index in [1.165, 1.54) is 23.1 Å². The van der Waals surface area contributed by atoms with Crippen LogP contribution in [0.15, 0.2) is 52.5 Å². The van der Waals surface area contributed by atoms with E-state index < -0.39 is 10.0 Å². The van der Waals surface area contributed by atoms with Crippen LogP contribution in [-0.4, -0.2) is 32.2 Å². The summed E-state index contributed by atoms with van der Waals surface area (Å²) in [5, 5.41) is 10.5. The van der Waals surface area contributed by atoms with Crippen LogP contribution in [0.1, 0.15) is 31.9 Å². The van der Waals surface area contributed by atoms with Crippen molar-refractivity contribution in [3.63, 3.8) is 0 Å². The fourth-order valence-electron chi connectivity index (χ4n) is 3.16. The van der Waals surface area contributed by atoms with Crippen molar-refractivity contribution in [2.45, 2.75) is 31.1 Å². The molecule has 30 heavy (non-hydrogen) atoms. The Labute approximate surface area is 181 Å². The second-order valence-corrected chi connectivity index (χ2v) is 9.91. The second kappa shape index (κ2) is 7.46. The Morgan fingerprint density at radius 3 is 2.37 bits per heavy atom. The highest BCUT2D eigenvalue weighted by Gasteiger charge is 2.34. The monoisotopic (exact) mass is 445 g/mol. The van der Waals surface area contributed by atoms with Crippen molar-refractivity contribution in [1.29, 1.82) is 0 Å². The van der Waals surface area contributed by atoms with Gasteiger partial charge in [0.2, 0.25) is 10.0 Å². The van der Waals surface area contributed by atoms with Crippen LogP contribution in [0.2, 0.25) is 0 Å². The third-order valence-electron chi connectivity index (χ3n) is 4.79. The summed E-state index contributed by atoms with van der Waals surface area (Å²) in [4.78, 5) is 14.2. The molecule has 1 aliphatic rings. The Bertz CT molecular complexity index is 1180. The summed E-state index contributed by atoms with van der Waals surface area (Å²) in [6, 6.07) is 11.6. The molecule has 0 spiro atoms. The van der Waals surface area contributed by atoms with Gasteiger partial charge in [-0.15, -0.1) is 0 Å². The summed E-state index contributed by atoms with van der Waals surface area (Å²) in [7, 11) is -2.44.